The molecule has 0 amide bonds. The molecule has 0 atom stereocenters. The number of rotatable bonds is 14. The third-order valence-corrected chi connectivity index (χ3v) is 4.38. The van der Waals surface area contributed by atoms with Gasteiger partial charge in [0.25, 0.3) is 0 Å². The van der Waals surface area contributed by atoms with Gasteiger partial charge in [-0.3, -0.25) is 0 Å². The minimum absolute atomic E-state index is 1.26. The molecule has 0 heterocycles. The Morgan fingerprint density at radius 3 is 1.30 bits per heavy atom. The van der Waals surface area contributed by atoms with Gasteiger partial charge in [-0.25, -0.2) is 0 Å². The number of hydrogen-bond acceptors (Lipinski definition) is 0. The Bertz CT molecular complexity index is 220. The van der Waals surface area contributed by atoms with E-state index in [9.17, 15) is 0 Å². The smallest absolute Gasteiger partial charge is 0.0283 e. The van der Waals surface area contributed by atoms with Crippen LogP contribution >= 0.6 is 0 Å². The Kier molecular flexibility index (Phi) is 14.9. The second kappa shape index (κ2) is 15.1. The van der Waals surface area contributed by atoms with Crippen molar-refractivity contribution in [1.29, 1.82) is 0 Å². The van der Waals surface area contributed by atoms with Crippen LogP contribution in [0, 0.1) is 6.92 Å². The molecule has 0 heteroatoms. The molecule has 0 saturated heterocycles. The van der Waals surface area contributed by atoms with Crippen LogP contribution in [0.3, 0.4) is 0 Å². The van der Waals surface area contributed by atoms with Crippen molar-refractivity contribution in [3.05, 3.63) is 18.1 Å². The van der Waals surface area contributed by atoms with Crippen LogP contribution in [-0.4, -0.2) is 0 Å². The maximum atomic E-state index is 4.00. The highest BCUT2D eigenvalue weighted by Gasteiger charge is 1.95. The summed E-state index contributed by atoms with van der Waals surface area (Å²) in [5.41, 5.74) is 2.76. The predicted octanol–water partition coefficient (Wildman–Crippen LogP) is 7.64. The summed E-state index contributed by atoms with van der Waals surface area (Å²) in [4.78, 5) is 0. The van der Waals surface area contributed by atoms with E-state index in [1.54, 1.807) is 0 Å². The van der Waals surface area contributed by atoms with Crippen LogP contribution in [0.1, 0.15) is 111 Å². The van der Waals surface area contributed by atoms with Crippen molar-refractivity contribution in [1.82, 2.24) is 0 Å². The van der Waals surface area contributed by atoms with Crippen molar-refractivity contribution in [2.75, 3.05) is 0 Å². The van der Waals surface area contributed by atoms with Gasteiger partial charge < -0.3 is 0 Å². The molecule has 0 rings (SSSR count). The van der Waals surface area contributed by atoms with Crippen LogP contribution in [0.4, 0.5) is 0 Å². The zero-order chi connectivity index (χ0) is 15.1. The van der Waals surface area contributed by atoms with Gasteiger partial charge in [0.05, 0.1) is 0 Å². The van der Waals surface area contributed by atoms with E-state index < -0.39 is 0 Å². The maximum absolute atomic E-state index is 4.00. The highest BCUT2D eigenvalue weighted by molar-refractivity contribution is 5.11. The van der Waals surface area contributed by atoms with Gasteiger partial charge in [0.2, 0.25) is 0 Å². The molecule has 0 aromatic rings. The van der Waals surface area contributed by atoms with Gasteiger partial charge in [-0.1, -0.05) is 95.1 Å². The van der Waals surface area contributed by atoms with E-state index in [0.717, 1.165) is 0 Å². The van der Waals surface area contributed by atoms with Gasteiger partial charge >= 0.3 is 0 Å². The van der Waals surface area contributed by atoms with E-state index >= 15 is 0 Å². The average molecular weight is 280 g/mol. The van der Waals surface area contributed by atoms with E-state index in [-0.39, 0.29) is 0 Å². The van der Waals surface area contributed by atoms with Gasteiger partial charge in [0, 0.05) is 0 Å². The van der Waals surface area contributed by atoms with Crippen molar-refractivity contribution in [3.8, 4) is 0 Å². The fourth-order valence-electron chi connectivity index (χ4n) is 2.62. The van der Waals surface area contributed by atoms with Gasteiger partial charge in [0.15, 0.2) is 0 Å². The van der Waals surface area contributed by atoms with Gasteiger partial charge in [-0.2, -0.15) is 0 Å². The molecule has 0 aliphatic rings. The molecule has 0 unspecified atom stereocenters. The minimum Gasteiger partial charge on any atom is -0.0744 e. The first kappa shape index (κ1) is 19.7. The van der Waals surface area contributed by atoms with E-state index in [1.165, 1.54) is 101 Å². The summed E-state index contributed by atoms with van der Waals surface area (Å²) in [7, 11) is 0. The highest BCUT2D eigenvalue weighted by atomic mass is 14.0. The molecule has 0 spiro atoms. The number of allylic oxidation sites excluding steroid dienone is 2. The summed E-state index contributed by atoms with van der Waals surface area (Å²) in [6.07, 6.45) is 19.9. The van der Waals surface area contributed by atoms with Crippen molar-refractivity contribution in [3.63, 3.8) is 0 Å². The van der Waals surface area contributed by atoms with Crippen LogP contribution in [0.2, 0.25) is 0 Å². The average Bonchev–Trinajstić information content (AvgIpc) is 2.43. The molecule has 0 aromatic carbocycles. The topological polar surface area (TPSA) is 0 Å². The molecule has 1 radical (unpaired) electrons. The lowest BCUT2D eigenvalue weighted by Crippen LogP contribution is -1.85. The summed E-state index contributed by atoms with van der Waals surface area (Å²) >= 11 is 0. The van der Waals surface area contributed by atoms with E-state index in [4.69, 9.17) is 0 Å². The Labute approximate surface area is 129 Å². The van der Waals surface area contributed by atoms with E-state index in [2.05, 4.69) is 27.7 Å². The van der Waals surface area contributed by atoms with Gasteiger partial charge in [-0.15, -0.1) is 0 Å². The van der Waals surface area contributed by atoms with Crippen LogP contribution in [0.25, 0.3) is 0 Å². The Hall–Kier alpha value is -0.260. The van der Waals surface area contributed by atoms with Crippen molar-refractivity contribution in [2.45, 2.75) is 111 Å². The molecule has 0 aliphatic carbocycles. The summed E-state index contributed by atoms with van der Waals surface area (Å²) in [6.45, 7) is 10.6. The summed E-state index contributed by atoms with van der Waals surface area (Å²) < 4.78 is 0. The minimum atomic E-state index is 1.26. The quantitative estimate of drug-likeness (QED) is 0.287. The normalized spacial score (nSPS) is 12.6. The molecular formula is C20H39. The second-order valence-corrected chi connectivity index (χ2v) is 6.55. The summed E-state index contributed by atoms with van der Waals surface area (Å²) in [5, 5.41) is 0. The van der Waals surface area contributed by atoms with Crippen molar-refractivity contribution < 1.29 is 0 Å². The predicted molar refractivity (Wildman–Crippen MR) is 94.0 cm³/mol. The maximum Gasteiger partial charge on any atom is -0.0283 e. The lowest BCUT2D eigenvalue weighted by atomic mass is 10.0. The van der Waals surface area contributed by atoms with E-state index in [0.29, 0.717) is 0 Å². The standard InChI is InChI=1S/C20H39/c1-5-6-7-8-9-10-11-12-13-14-15-16-17-18-20(4)19(2)3/h2,5-18H2,1,3-4H3. The van der Waals surface area contributed by atoms with Crippen molar-refractivity contribution >= 4 is 0 Å². The number of unbranched alkanes of at least 4 members (excludes halogenated alkanes) is 12. The fraction of sp³-hybridized carbons (Fsp3) is 0.850. The first-order valence-electron chi connectivity index (χ1n) is 9.16. The van der Waals surface area contributed by atoms with Crippen LogP contribution in [0.15, 0.2) is 11.1 Å². The Morgan fingerprint density at radius 1 is 0.600 bits per heavy atom. The lowest BCUT2D eigenvalue weighted by molar-refractivity contribution is 0.539. The van der Waals surface area contributed by atoms with Crippen LogP contribution < -0.4 is 0 Å². The highest BCUT2D eigenvalue weighted by Crippen LogP contribution is 2.15. The second-order valence-electron chi connectivity index (χ2n) is 6.55. The summed E-state index contributed by atoms with van der Waals surface area (Å²) in [5.74, 6) is 0. The molecule has 20 heavy (non-hydrogen) atoms. The van der Waals surface area contributed by atoms with Crippen LogP contribution in [0.5, 0.6) is 0 Å². The first-order chi connectivity index (χ1) is 9.68. The molecule has 0 saturated carbocycles. The molecule has 0 aromatic heterocycles. The monoisotopic (exact) mass is 279 g/mol. The number of hydrogen-bond donors (Lipinski definition) is 0. The lowest BCUT2D eigenvalue weighted by Gasteiger charge is -2.04. The zero-order valence-electron chi connectivity index (χ0n) is 14.6. The fourth-order valence-corrected chi connectivity index (χ4v) is 2.62. The Morgan fingerprint density at radius 2 is 0.950 bits per heavy atom. The third kappa shape index (κ3) is 14.2. The molecule has 0 aliphatic heterocycles. The third-order valence-electron chi connectivity index (χ3n) is 4.38. The van der Waals surface area contributed by atoms with Gasteiger partial charge in [-0.05, 0) is 33.6 Å². The SMILES string of the molecule is [CH2]C(C)=C(C)CCCCCCCCCCCCCCC. The largest absolute Gasteiger partial charge is 0.0744 e. The summed E-state index contributed by atoms with van der Waals surface area (Å²) in [6, 6.07) is 0. The first-order valence-corrected chi connectivity index (χ1v) is 9.16. The van der Waals surface area contributed by atoms with Crippen molar-refractivity contribution in [2.24, 2.45) is 0 Å². The molecule has 0 bridgehead atoms. The molecule has 0 N–H and O–H groups in total. The molecule has 119 valence electrons. The molecule has 0 fully saturated rings. The van der Waals surface area contributed by atoms with Gasteiger partial charge in [0.1, 0.15) is 0 Å². The Balaban J connectivity index is 3.08. The van der Waals surface area contributed by atoms with E-state index in [1.807, 2.05) is 0 Å². The van der Waals surface area contributed by atoms with Crippen LogP contribution in [-0.2, 0) is 0 Å². The molecule has 0 nitrogen and oxygen atoms in total. The zero-order valence-corrected chi connectivity index (χ0v) is 14.6. The molecular weight excluding hydrogens is 240 g/mol.